The van der Waals surface area contributed by atoms with E-state index in [1.807, 2.05) is 0 Å². The third-order valence-corrected chi connectivity index (χ3v) is 2.50. The van der Waals surface area contributed by atoms with Crippen LogP contribution >= 0.6 is 0 Å². The number of aliphatic carboxylic acids is 2. The van der Waals surface area contributed by atoms with Gasteiger partial charge >= 0.3 is 11.9 Å². The fraction of sp³-hybridized carbons (Fsp3) is 0.333. The molecular weight excluding hydrogens is 271 g/mol. The standard InChI is InChI=1S/C12H13FN2O5/c13-8-6-14-5-4-7(8)11(18)15-9(12(19)20)2-1-3-10(16)17/h4-6,9H,1-3H2,(H,15,18)(H,16,17)(H,19,20)/t9-/m1/s1. The molecule has 1 heterocycles. The summed E-state index contributed by atoms with van der Waals surface area (Å²) in [6.07, 6.45) is 1.88. The van der Waals surface area contributed by atoms with E-state index >= 15 is 0 Å². The van der Waals surface area contributed by atoms with Crippen LogP contribution in [0.3, 0.4) is 0 Å². The van der Waals surface area contributed by atoms with Gasteiger partial charge in [-0.2, -0.15) is 0 Å². The van der Waals surface area contributed by atoms with E-state index in [0.717, 1.165) is 12.3 Å². The molecule has 7 nitrogen and oxygen atoms in total. The van der Waals surface area contributed by atoms with Gasteiger partial charge in [0.1, 0.15) is 6.04 Å². The molecule has 0 bridgehead atoms. The zero-order chi connectivity index (χ0) is 15.1. The molecule has 0 unspecified atom stereocenters. The minimum atomic E-state index is -1.31. The first-order chi connectivity index (χ1) is 9.41. The van der Waals surface area contributed by atoms with Gasteiger partial charge in [-0.05, 0) is 18.9 Å². The highest BCUT2D eigenvalue weighted by Crippen LogP contribution is 2.07. The number of amides is 1. The van der Waals surface area contributed by atoms with Crippen molar-refractivity contribution in [3.63, 3.8) is 0 Å². The molecule has 0 aliphatic carbocycles. The number of hydrogen-bond donors (Lipinski definition) is 3. The molecule has 0 saturated carbocycles. The molecule has 108 valence electrons. The Balaban J connectivity index is 2.66. The van der Waals surface area contributed by atoms with Crippen molar-refractivity contribution < 1.29 is 29.0 Å². The average Bonchev–Trinajstić information content (AvgIpc) is 2.37. The van der Waals surface area contributed by atoms with Crippen LogP contribution < -0.4 is 5.32 Å². The highest BCUT2D eigenvalue weighted by molar-refractivity contribution is 5.96. The molecule has 0 aliphatic rings. The zero-order valence-electron chi connectivity index (χ0n) is 10.4. The Hall–Kier alpha value is -2.51. The number of nitrogens with one attached hydrogen (secondary N) is 1. The molecule has 0 aromatic carbocycles. The van der Waals surface area contributed by atoms with Gasteiger partial charge in [0.05, 0.1) is 11.8 Å². The maximum atomic E-state index is 13.3. The fourth-order valence-corrected chi connectivity index (χ4v) is 1.51. The lowest BCUT2D eigenvalue weighted by Gasteiger charge is -2.14. The van der Waals surface area contributed by atoms with Crippen LogP contribution in [0.25, 0.3) is 0 Å². The first-order valence-corrected chi connectivity index (χ1v) is 5.76. The fourth-order valence-electron chi connectivity index (χ4n) is 1.51. The molecule has 0 spiro atoms. The van der Waals surface area contributed by atoms with Gasteiger partial charge in [0.25, 0.3) is 5.91 Å². The molecule has 1 aromatic heterocycles. The monoisotopic (exact) mass is 284 g/mol. The van der Waals surface area contributed by atoms with Gasteiger partial charge in [0.15, 0.2) is 5.82 Å². The van der Waals surface area contributed by atoms with Crippen molar-refractivity contribution in [2.45, 2.75) is 25.3 Å². The SMILES string of the molecule is O=C(O)CCC[C@@H](NC(=O)c1ccncc1F)C(=O)O. The minimum absolute atomic E-state index is 0.0555. The van der Waals surface area contributed by atoms with Crippen LogP contribution in [0.15, 0.2) is 18.5 Å². The van der Waals surface area contributed by atoms with Crippen molar-refractivity contribution in [1.29, 1.82) is 0 Å². The highest BCUT2D eigenvalue weighted by atomic mass is 19.1. The van der Waals surface area contributed by atoms with Crippen molar-refractivity contribution in [2.75, 3.05) is 0 Å². The number of carboxylic acid groups (broad SMARTS) is 2. The largest absolute Gasteiger partial charge is 0.481 e. The lowest BCUT2D eigenvalue weighted by Crippen LogP contribution is -2.41. The molecular formula is C12H13FN2O5. The lowest BCUT2D eigenvalue weighted by molar-refractivity contribution is -0.140. The predicted octanol–water partition coefficient (Wildman–Crippen LogP) is 0.659. The number of aromatic nitrogens is 1. The molecule has 3 N–H and O–H groups in total. The van der Waals surface area contributed by atoms with Crippen LogP contribution in [0.4, 0.5) is 4.39 Å². The number of hydrogen-bond acceptors (Lipinski definition) is 4. The van der Waals surface area contributed by atoms with Gasteiger partial charge in [0, 0.05) is 12.6 Å². The molecule has 0 aliphatic heterocycles. The van der Waals surface area contributed by atoms with Crippen molar-refractivity contribution >= 4 is 17.8 Å². The topological polar surface area (TPSA) is 117 Å². The van der Waals surface area contributed by atoms with E-state index in [1.165, 1.54) is 6.20 Å². The normalized spacial score (nSPS) is 11.7. The van der Waals surface area contributed by atoms with E-state index in [4.69, 9.17) is 10.2 Å². The number of carboxylic acids is 2. The Morgan fingerprint density at radius 2 is 2.05 bits per heavy atom. The molecule has 1 rings (SSSR count). The van der Waals surface area contributed by atoms with E-state index < -0.39 is 29.7 Å². The third-order valence-electron chi connectivity index (χ3n) is 2.50. The molecule has 0 fully saturated rings. The third kappa shape index (κ3) is 4.63. The summed E-state index contributed by atoms with van der Waals surface area (Å²) in [5.41, 5.74) is -0.315. The van der Waals surface area contributed by atoms with Crippen LogP contribution in [0, 0.1) is 5.82 Å². The molecule has 20 heavy (non-hydrogen) atoms. The first kappa shape index (κ1) is 15.5. The number of carbonyl (C=O) groups excluding carboxylic acids is 1. The average molecular weight is 284 g/mol. The van der Waals surface area contributed by atoms with Gasteiger partial charge in [-0.1, -0.05) is 0 Å². The van der Waals surface area contributed by atoms with Gasteiger partial charge in [-0.25, -0.2) is 9.18 Å². The quantitative estimate of drug-likeness (QED) is 0.677. The summed E-state index contributed by atoms with van der Waals surface area (Å²) >= 11 is 0. The van der Waals surface area contributed by atoms with E-state index in [9.17, 15) is 18.8 Å². The Labute approximate surface area is 113 Å². The number of rotatable bonds is 7. The van der Waals surface area contributed by atoms with Crippen LogP contribution in [0.1, 0.15) is 29.6 Å². The Kier molecular flexibility index (Phi) is 5.57. The first-order valence-electron chi connectivity index (χ1n) is 5.76. The van der Waals surface area contributed by atoms with Gasteiger partial charge in [-0.15, -0.1) is 0 Å². The van der Waals surface area contributed by atoms with E-state index in [-0.39, 0.29) is 24.8 Å². The van der Waals surface area contributed by atoms with Gasteiger partial charge < -0.3 is 15.5 Å². The summed E-state index contributed by atoms with van der Waals surface area (Å²) in [6.45, 7) is 0. The van der Waals surface area contributed by atoms with Crippen LogP contribution in [-0.2, 0) is 9.59 Å². The molecule has 8 heteroatoms. The zero-order valence-corrected chi connectivity index (χ0v) is 10.4. The molecule has 1 amide bonds. The maximum Gasteiger partial charge on any atom is 0.326 e. The molecule has 1 aromatic rings. The van der Waals surface area contributed by atoms with Crippen LogP contribution in [-0.4, -0.2) is 39.1 Å². The highest BCUT2D eigenvalue weighted by Gasteiger charge is 2.22. The van der Waals surface area contributed by atoms with E-state index in [2.05, 4.69) is 10.3 Å². The van der Waals surface area contributed by atoms with E-state index in [0.29, 0.717) is 0 Å². The van der Waals surface area contributed by atoms with Gasteiger partial charge in [-0.3, -0.25) is 14.6 Å². The maximum absolute atomic E-state index is 13.3. The summed E-state index contributed by atoms with van der Waals surface area (Å²) in [7, 11) is 0. The summed E-state index contributed by atoms with van der Waals surface area (Å²) in [4.78, 5) is 36.5. The lowest BCUT2D eigenvalue weighted by atomic mass is 10.1. The second-order valence-electron chi connectivity index (χ2n) is 4.01. The Morgan fingerprint density at radius 1 is 1.35 bits per heavy atom. The molecule has 0 radical (unpaired) electrons. The summed E-state index contributed by atoms with van der Waals surface area (Å²) in [6, 6.07) is -0.143. The Morgan fingerprint density at radius 3 is 2.60 bits per heavy atom. The summed E-state index contributed by atoms with van der Waals surface area (Å²) < 4.78 is 13.3. The van der Waals surface area contributed by atoms with Crippen molar-refractivity contribution in [3.8, 4) is 0 Å². The smallest absolute Gasteiger partial charge is 0.326 e. The number of carbonyl (C=O) groups is 3. The van der Waals surface area contributed by atoms with Crippen molar-refractivity contribution in [2.24, 2.45) is 0 Å². The van der Waals surface area contributed by atoms with Crippen molar-refractivity contribution in [1.82, 2.24) is 10.3 Å². The summed E-state index contributed by atoms with van der Waals surface area (Å²) in [5.74, 6) is -4.11. The van der Waals surface area contributed by atoms with Crippen molar-refractivity contribution in [3.05, 3.63) is 29.8 Å². The predicted molar refractivity (Wildman–Crippen MR) is 64.6 cm³/mol. The molecule has 0 saturated heterocycles. The Bertz CT molecular complexity index is 520. The van der Waals surface area contributed by atoms with Crippen LogP contribution in [0.2, 0.25) is 0 Å². The number of nitrogens with zero attached hydrogens (tertiary/aromatic N) is 1. The van der Waals surface area contributed by atoms with Crippen LogP contribution in [0.5, 0.6) is 0 Å². The second kappa shape index (κ2) is 7.17. The molecule has 1 atom stereocenters. The summed E-state index contributed by atoms with van der Waals surface area (Å²) in [5, 5.41) is 19.6. The minimum Gasteiger partial charge on any atom is -0.481 e. The second-order valence-corrected chi connectivity index (χ2v) is 4.01. The van der Waals surface area contributed by atoms with Gasteiger partial charge in [0.2, 0.25) is 0 Å². The number of pyridine rings is 1. The van der Waals surface area contributed by atoms with E-state index in [1.54, 1.807) is 0 Å². The number of halogens is 1.